The molecule has 0 unspecified atom stereocenters. The normalized spacial score (nSPS) is 24.9. The van der Waals surface area contributed by atoms with Gasteiger partial charge in [0.1, 0.15) is 6.04 Å². The van der Waals surface area contributed by atoms with Crippen molar-refractivity contribution >= 4 is 46.0 Å². The first kappa shape index (κ1) is 23.7. The molecule has 37 heavy (non-hydrogen) atoms. The van der Waals surface area contributed by atoms with Crippen LogP contribution in [0.3, 0.4) is 0 Å². The second kappa shape index (κ2) is 9.34. The summed E-state index contributed by atoms with van der Waals surface area (Å²) in [5.41, 5.74) is 2.74. The highest BCUT2D eigenvalue weighted by Crippen LogP contribution is 2.47. The monoisotopic (exact) mass is 513 g/mol. The van der Waals surface area contributed by atoms with Gasteiger partial charge >= 0.3 is 5.97 Å². The fourth-order valence-corrected chi connectivity index (χ4v) is 6.93. The molecule has 3 aliphatic heterocycles. The third-order valence-corrected chi connectivity index (χ3v) is 8.99. The summed E-state index contributed by atoms with van der Waals surface area (Å²) in [5, 5.41) is 8.41. The first-order chi connectivity index (χ1) is 17.9. The summed E-state index contributed by atoms with van der Waals surface area (Å²) in [7, 11) is 0. The summed E-state index contributed by atoms with van der Waals surface area (Å²) >= 11 is 1.60. The molecule has 0 aliphatic carbocycles. The maximum atomic E-state index is 13.3. The Morgan fingerprint density at radius 1 is 1.05 bits per heavy atom. The van der Waals surface area contributed by atoms with Crippen LogP contribution < -0.4 is 0 Å². The van der Waals surface area contributed by atoms with Gasteiger partial charge < -0.3 is 9.64 Å². The summed E-state index contributed by atoms with van der Waals surface area (Å²) in [6.07, 6.45) is 1.71. The molecule has 0 bridgehead atoms. The maximum Gasteiger partial charge on any atom is 0.330 e. The molecule has 2 amide bonds. The number of hydrazone groups is 1. The van der Waals surface area contributed by atoms with Gasteiger partial charge in [0.2, 0.25) is 5.91 Å². The van der Waals surface area contributed by atoms with Gasteiger partial charge in [0, 0.05) is 18.6 Å². The number of ether oxygens (including phenoxy) is 1. The molecule has 188 valence electrons. The molecule has 0 radical (unpaired) electrons. The maximum absolute atomic E-state index is 13.3. The van der Waals surface area contributed by atoms with Crippen molar-refractivity contribution in [2.45, 2.75) is 43.1 Å². The number of rotatable bonds is 5. The van der Waals surface area contributed by atoms with Gasteiger partial charge in [-0.3, -0.25) is 9.59 Å². The lowest BCUT2D eigenvalue weighted by Crippen LogP contribution is -2.47. The molecule has 0 N–H and O–H groups in total. The molecular weight excluding hydrogens is 486 g/mol. The molecule has 3 aromatic carbocycles. The second-order valence-corrected chi connectivity index (χ2v) is 11.4. The van der Waals surface area contributed by atoms with E-state index in [0.29, 0.717) is 18.6 Å². The van der Waals surface area contributed by atoms with Gasteiger partial charge in [-0.05, 0) is 41.3 Å². The smallest absolute Gasteiger partial charge is 0.330 e. The summed E-state index contributed by atoms with van der Waals surface area (Å²) < 4.78 is 5.48. The van der Waals surface area contributed by atoms with Gasteiger partial charge in [-0.15, -0.1) is 11.8 Å². The van der Waals surface area contributed by atoms with Crippen LogP contribution in [-0.2, 0) is 19.1 Å². The summed E-state index contributed by atoms with van der Waals surface area (Å²) in [5.74, 6) is -0.474. The van der Waals surface area contributed by atoms with E-state index in [-0.39, 0.29) is 22.7 Å². The van der Waals surface area contributed by atoms with Crippen molar-refractivity contribution in [3.63, 3.8) is 0 Å². The number of fused-ring (bicyclic) bond motifs is 2. The predicted octanol–water partition coefficient (Wildman–Crippen LogP) is 4.51. The van der Waals surface area contributed by atoms with E-state index in [4.69, 9.17) is 9.84 Å². The number of esters is 1. The highest BCUT2D eigenvalue weighted by atomic mass is 32.2. The molecule has 0 aromatic heterocycles. The molecular formula is C29H27N3O4S. The molecule has 2 saturated heterocycles. The third-order valence-electron chi connectivity index (χ3n) is 7.49. The molecule has 3 heterocycles. The number of amides is 2. The second-order valence-electron chi connectivity index (χ2n) is 9.85. The lowest BCUT2D eigenvalue weighted by Gasteiger charge is -2.29. The van der Waals surface area contributed by atoms with E-state index in [1.165, 1.54) is 5.01 Å². The number of thioether (sulfide) groups is 1. The molecule has 3 aromatic rings. The lowest BCUT2D eigenvalue weighted by atomic mass is 9.97. The SMILES string of the molecule is C[C@@]12CCC(=O)N1[C@H](C(=O)OCC(=O)N1N=C(c3ccc4ccccc4c3)C[C@@H]1c1ccccc1)CS2. The number of carbonyl (C=O) groups is 3. The number of nitrogens with zero attached hydrogens (tertiary/aromatic N) is 3. The van der Waals surface area contributed by atoms with Crippen LogP contribution in [0.2, 0.25) is 0 Å². The summed E-state index contributed by atoms with van der Waals surface area (Å²) in [4.78, 5) is 39.9. The molecule has 8 heteroatoms. The molecule has 2 fully saturated rings. The van der Waals surface area contributed by atoms with Crippen molar-refractivity contribution in [1.82, 2.24) is 9.91 Å². The van der Waals surface area contributed by atoms with Crippen molar-refractivity contribution in [1.29, 1.82) is 0 Å². The number of hydrogen-bond donors (Lipinski definition) is 0. The number of hydrogen-bond acceptors (Lipinski definition) is 6. The Morgan fingerprint density at radius 2 is 1.81 bits per heavy atom. The van der Waals surface area contributed by atoms with Crippen LogP contribution in [0.5, 0.6) is 0 Å². The minimum Gasteiger partial charge on any atom is -0.454 e. The van der Waals surface area contributed by atoms with E-state index < -0.39 is 18.6 Å². The topological polar surface area (TPSA) is 79.3 Å². The summed E-state index contributed by atoms with van der Waals surface area (Å²) in [6, 6.07) is 23.1. The Bertz CT molecular complexity index is 1420. The van der Waals surface area contributed by atoms with E-state index in [0.717, 1.165) is 34.0 Å². The minimum absolute atomic E-state index is 0.0333. The van der Waals surface area contributed by atoms with E-state index in [1.807, 2.05) is 55.5 Å². The fourth-order valence-electron chi connectivity index (χ4n) is 5.51. The van der Waals surface area contributed by atoms with Crippen molar-refractivity contribution in [2.75, 3.05) is 12.4 Å². The zero-order valence-corrected chi connectivity index (χ0v) is 21.3. The van der Waals surface area contributed by atoms with Crippen LogP contribution in [0, 0.1) is 0 Å². The molecule has 3 atom stereocenters. The number of benzene rings is 3. The largest absolute Gasteiger partial charge is 0.454 e. The fraction of sp³-hybridized carbons (Fsp3) is 0.310. The van der Waals surface area contributed by atoms with E-state index in [9.17, 15) is 14.4 Å². The van der Waals surface area contributed by atoms with Crippen LogP contribution in [0.4, 0.5) is 0 Å². The molecule has 0 spiro atoms. The first-order valence-corrected chi connectivity index (χ1v) is 13.5. The molecule has 3 aliphatic rings. The average Bonchev–Trinajstić information content (AvgIpc) is 3.60. The standard InChI is InChI=1S/C29H27N3O4S/c1-29-14-13-26(33)31(29)25(18-37-29)28(35)36-17-27(34)32-24(20-8-3-2-4-9-20)16-23(30-32)22-12-11-19-7-5-6-10-21(19)15-22/h2-12,15,24-25H,13-14,16-18H2,1H3/t24-,25+,29-/m1/s1. The van der Waals surface area contributed by atoms with Gasteiger partial charge in [-0.1, -0.05) is 66.7 Å². The Labute approximate surface area is 219 Å². The van der Waals surface area contributed by atoms with E-state index in [1.54, 1.807) is 16.7 Å². The van der Waals surface area contributed by atoms with Gasteiger partial charge in [0.15, 0.2) is 6.61 Å². The lowest BCUT2D eigenvalue weighted by molar-refractivity contribution is -0.158. The van der Waals surface area contributed by atoms with Crippen molar-refractivity contribution in [3.05, 3.63) is 83.9 Å². The molecule has 6 rings (SSSR count). The highest BCUT2D eigenvalue weighted by molar-refractivity contribution is 8.01. The quantitative estimate of drug-likeness (QED) is 0.469. The Kier molecular flexibility index (Phi) is 5.99. The van der Waals surface area contributed by atoms with E-state index >= 15 is 0 Å². The Morgan fingerprint density at radius 3 is 2.62 bits per heavy atom. The van der Waals surface area contributed by atoms with Crippen LogP contribution in [0.15, 0.2) is 77.9 Å². The Balaban J connectivity index is 1.22. The van der Waals surface area contributed by atoms with Crippen molar-refractivity contribution < 1.29 is 19.1 Å². The van der Waals surface area contributed by atoms with Crippen LogP contribution in [0.1, 0.15) is 43.4 Å². The van der Waals surface area contributed by atoms with Gasteiger partial charge in [-0.2, -0.15) is 5.10 Å². The van der Waals surface area contributed by atoms with Crippen molar-refractivity contribution in [2.24, 2.45) is 5.10 Å². The number of carbonyl (C=O) groups excluding carboxylic acids is 3. The zero-order chi connectivity index (χ0) is 25.6. The molecule has 7 nitrogen and oxygen atoms in total. The van der Waals surface area contributed by atoms with Gasteiger partial charge in [-0.25, -0.2) is 9.80 Å². The van der Waals surface area contributed by atoms with Crippen LogP contribution in [0.25, 0.3) is 10.8 Å². The zero-order valence-electron chi connectivity index (χ0n) is 20.5. The van der Waals surface area contributed by atoms with E-state index in [2.05, 4.69) is 24.3 Å². The highest BCUT2D eigenvalue weighted by Gasteiger charge is 2.53. The van der Waals surface area contributed by atoms with Crippen LogP contribution in [-0.4, -0.2) is 56.7 Å². The molecule has 0 saturated carbocycles. The van der Waals surface area contributed by atoms with Crippen LogP contribution >= 0.6 is 11.8 Å². The first-order valence-electron chi connectivity index (χ1n) is 12.5. The minimum atomic E-state index is -0.655. The third kappa shape index (κ3) is 4.29. The van der Waals surface area contributed by atoms with Gasteiger partial charge in [0.05, 0.1) is 16.6 Å². The van der Waals surface area contributed by atoms with Gasteiger partial charge in [0.25, 0.3) is 5.91 Å². The Hall–Kier alpha value is -3.65. The van der Waals surface area contributed by atoms with Crippen molar-refractivity contribution in [3.8, 4) is 0 Å². The summed E-state index contributed by atoms with van der Waals surface area (Å²) in [6.45, 7) is 1.56. The predicted molar refractivity (Wildman–Crippen MR) is 143 cm³/mol. The average molecular weight is 514 g/mol.